The molecule has 4 heteroatoms. The van der Waals surface area contributed by atoms with Gasteiger partial charge in [-0.3, -0.25) is 4.79 Å². The van der Waals surface area contributed by atoms with Gasteiger partial charge in [0.1, 0.15) is 0 Å². The molecule has 0 spiro atoms. The Morgan fingerprint density at radius 2 is 2.32 bits per heavy atom. The predicted molar refractivity (Wildman–Crippen MR) is 78.7 cm³/mol. The standard InChI is InChI=1S/C15H21ClN2O/c1-10-8-12(5-6-14(10)16)15(19)18-11(2)13-4-3-7-17-9-13/h5-6,8,11,13,17H,3-4,7,9H2,1-2H3,(H,18,19). The Kier molecular flexibility index (Phi) is 4.83. The number of hydrogen-bond donors (Lipinski definition) is 2. The van der Waals surface area contributed by atoms with E-state index in [2.05, 4.69) is 17.6 Å². The van der Waals surface area contributed by atoms with Crippen LogP contribution in [0.4, 0.5) is 0 Å². The first-order valence-corrected chi connectivity index (χ1v) is 7.23. The summed E-state index contributed by atoms with van der Waals surface area (Å²) >= 11 is 5.97. The van der Waals surface area contributed by atoms with Crippen molar-refractivity contribution in [1.29, 1.82) is 0 Å². The number of carbonyl (C=O) groups excluding carboxylic acids is 1. The second-order valence-electron chi connectivity index (χ2n) is 5.33. The van der Waals surface area contributed by atoms with Gasteiger partial charge in [0.05, 0.1) is 0 Å². The number of rotatable bonds is 3. The molecule has 104 valence electrons. The first-order valence-electron chi connectivity index (χ1n) is 6.85. The highest BCUT2D eigenvalue weighted by Crippen LogP contribution is 2.18. The van der Waals surface area contributed by atoms with Crippen molar-refractivity contribution in [2.24, 2.45) is 5.92 Å². The molecule has 1 aliphatic heterocycles. The second kappa shape index (κ2) is 6.40. The highest BCUT2D eigenvalue weighted by molar-refractivity contribution is 6.31. The molecule has 2 rings (SSSR count). The van der Waals surface area contributed by atoms with Gasteiger partial charge in [0.2, 0.25) is 0 Å². The van der Waals surface area contributed by atoms with Crippen LogP contribution < -0.4 is 10.6 Å². The van der Waals surface area contributed by atoms with Crippen LogP contribution in [0.15, 0.2) is 18.2 Å². The van der Waals surface area contributed by atoms with Gasteiger partial charge in [0, 0.05) is 16.6 Å². The average Bonchev–Trinajstić information content (AvgIpc) is 2.42. The van der Waals surface area contributed by atoms with E-state index in [1.165, 1.54) is 12.8 Å². The van der Waals surface area contributed by atoms with E-state index < -0.39 is 0 Å². The first-order chi connectivity index (χ1) is 9.08. The Bertz CT molecular complexity index is 455. The van der Waals surface area contributed by atoms with Crippen molar-refractivity contribution in [3.63, 3.8) is 0 Å². The molecule has 0 aromatic heterocycles. The van der Waals surface area contributed by atoms with Gasteiger partial charge in [0.15, 0.2) is 0 Å². The van der Waals surface area contributed by atoms with E-state index in [0.29, 0.717) is 16.5 Å². The van der Waals surface area contributed by atoms with Crippen LogP contribution in [0.5, 0.6) is 0 Å². The zero-order valence-corrected chi connectivity index (χ0v) is 12.3. The maximum Gasteiger partial charge on any atom is 0.251 e. The van der Waals surface area contributed by atoms with Crippen LogP contribution in [0.1, 0.15) is 35.7 Å². The minimum Gasteiger partial charge on any atom is -0.349 e. The molecule has 2 atom stereocenters. The van der Waals surface area contributed by atoms with E-state index in [1.54, 1.807) is 12.1 Å². The van der Waals surface area contributed by atoms with Gasteiger partial charge in [-0.1, -0.05) is 11.6 Å². The van der Waals surface area contributed by atoms with E-state index in [0.717, 1.165) is 18.7 Å². The third-order valence-corrected chi connectivity index (χ3v) is 4.25. The van der Waals surface area contributed by atoms with E-state index in [1.807, 2.05) is 13.0 Å². The fourth-order valence-corrected chi connectivity index (χ4v) is 2.62. The van der Waals surface area contributed by atoms with Gasteiger partial charge in [-0.2, -0.15) is 0 Å². The smallest absolute Gasteiger partial charge is 0.251 e. The van der Waals surface area contributed by atoms with Gasteiger partial charge in [0.25, 0.3) is 5.91 Å². The number of amides is 1. The number of hydrogen-bond acceptors (Lipinski definition) is 2. The summed E-state index contributed by atoms with van der Waals surface area (Å²) in [6.45, 7) is 6.07. The van der Waals surface area contributed by atoms with Crippen LogP contribution in [0.25, 0.3) is 0 Å². The maximum absolute atomic E-state index is 12.2. The van der Waals surface area contributed by atoms with Gasteiger partial charge in [-0.25, -0.2) is 0 Å². The quantitative estimate of drug-likeness (QED) is 0.894. The molecule has 0 bridgehead atoms. The van der Waals surface area contributed by atoms with Crippen LogP contribution in [0, 0.1) is 12.8 Å². The maximum atomic E-state index is 12.2. The largest absolute Gasteiger partial charge is 0.349 e. The monoisotopic (exact) mass is 280 g/mol. The summed E-state index contributed by atoms with van der Waals surface area (Å²) in [5.41, 5.74) is 1.61. The van der Waals surface area contributed by atoms with E-state index >= 15 is 0 Å². The van der Waals surface area contributed by atoms with Gasteiger partial charge >= 0.3 is 0 Å². The highest BCUT2D eigenvalue weighted by atomic mass is 35.5. The van der Waals surface area contributed by atoms with Crippen molar-refractivity contribution < 1.29 is 4.79 Å². The number of carbonyl (C=O) groups is 1. The topological polar surface area (TPSA) is 41.1 Å². The Hall–Kier alpha value is -1.06. The molecule has 1 heterocycles. The Balaban J connectivity index is 1.97. The molecule has 0 saturated carbocycles. The molecular weight excluding hydrogens is 260 g/mol. The van der Waals surface area contributed by atoms with E-state index in [-0.39, 0.29) is 11.9 Å². The van der Waals surface area contributed by atoms with Crippen molar-refractivity contribution in [3.05, 3.63) is 34.3 Å². The SMILES string of the molecule is Cc1cc(C(=O)NC(C)C2CCCNC2)ccc1Cl. The normalized spacial score (nSPS) is 20.9. The van der Waals surface area contributed by atoms with Crippen molar-refractivity contribution in [2.45, 2.75) is 32.7 Å². The molecule has 0 radical (unpaired) electrons. The lowest BCUT2D eigenvalue weighted by Gasteiger charge is -2.29. The van der Waals surface area contributed by atoms with Crippen molar-refractivity contribution >= 4 is 17.5 Å². The molecule has 3 nitrogen and oxygen atoms in total. The molecular formula is C15H21ClN2O. The fraction of sp³-hybridized carbons (Fsp3) is 0.533. The molecule has 1 saturated heterocycles. The fourth-order valence-electron chi connectivity index (χ4n) is 2.50. The third kappa shape index (κ3) is 3.71. The highest BCUT2D eigenvalue weighted by Gasteiger charge is 2.21. The zero-order chi connectivity index (χ0) is 13.8. The van der Waals surface area contributed by atoms with Gasteiger partial charge < -0.3 is 10.6 Å². The summed E-state index contributed by atoms with van der Waals surface area (Å²) in [6.07, 6.45) is 2.36. The number of benzene rings is 1. The summed E-state index contributed by atoms with van der Waals surface area (Å²) in [7, 11) is 0. The molecule has 19 heavy (non-hydrogen) atoms. The number of nitrogens with one attached hydrogen (secondary N) is 2. The van der Waals surface area contributed by atoms with Crippen molar-refractivity contribution in [3.8, 4) is 0 Å². The zero-order valence-electron chi connectivity index (χ0n) is 11.5. The van der Waals surface area contributed by atoms with E-state index in [4.69, 9.17) is 11.6 Å². The minimum absolute atomic E-state index is 0.0159. The summed E-state index contributed by atoms with van der Waals surface area (Å²) in [4.78, 5) is 12.2. The van der Waals surface area contributed by atoms with Crippen LogP contribution in [0.3, 0.4) is 0 Å². The van der Waals surface area contributed by atoms with Crippen molar-refractivity contribution in [2.75, 3.05) is 13.1 Å². The third-order valence-electron chi connectivity index (χ3n) is 3.82. The molecule has 0 aliphatic carbocycles. The lowest BCUT2D eigenvalue weighted by atomic mass is 9.92. The van der Waals surface area contributed by atoms with Crippen LogP contribution in [0.2, 0.25) is 5.02 Å². The Morgan fingerprint density at radius 3 is 2.95 bits per heavy atom. The average molecular weight is 281 g/mol. The molecule has 1 fully saturated rings. The Labute approximate surface area is 119 Å². The predicted octanol–water partition coefficient (Wildman–Crippen LogP) is 2.77. The summed E-state index contributed by atoms with van der Waals surface area (Å²) in [5.74, 6) is 0.504. The van der Waals surface area contributed by atoms with Gasteiger partial charge in [-0.15, -0.1) is 0 Å². The van der Waals surface area contributed by atoms with E-state index in [9.17, 15) is 4.79 Å². The van der Waals surface area contributed by atoms with Crippen LogP contribution in [-0.2, 0) is 0 Å². The summed E-state index contributed by atoms with van der Waals surface area (Å²) < 4.78 is 0. The summed E-state index contributed by atoms with van der Waals surface area (Å²) in [6, 6.07) is 5.58. The second-order valence-corrected chi connectivity index (χ2v) is 5.74. The van der Waals surface area contributed by atoms with Crippen LogP contribution >= 0.6 is 11.6 Å². The molecule has 2 N–H and O–H groups in total. The molecule has 1 aromatic rings. The Morgan fingerprint density at radius 1 is 1.53 bits per heavy atom. The minimum atomic E-state index is -0.0159. The summed E-state index contributed by atoms with van der Waals surface area (Å²) in [5, 5.41) is 7.16. The van der Waals surface area contributed by atoms with Gasteiger partial charge in [-0.05, 0) is 69.5 Å². The van der Waals surface area contributed by atoms with Crippen molar-refractivity contribution in [1.82, 2.24) is 10.6 Å². The first kappa shape index (κ1) is 14.4. The number of aryl methyl sites for hydroxylation is 1. The van der Waals surface area contributed by atoms with Crippen LogP contribution in [-0.4, -0.2) is 25.0 Å². The lowest BCUT2D eigenvalue weighted by molar-refractivity contribution is 0.0922. The number of piperidine rings is 1. The lowest BCUT2D eigenvalue weighted by Crippen LogP contribution is -2.44. The molecule has 1 aromatic carbocycles. The number of halogens is 1. The molecule has 2 unspecified atom stereocenters. The molecule has 1 aliphatic rings. The molecule has 1 amide bonds.